The normalized spacial score (nSPS) is 12.7. The summed E-state index contributed by atoms with van der Waals surface area (Å²) < 4.78 is 5.57. The summed E-state index contributed by atoms with van der Waals surface area (Å²) >= 11 is 0. The summed E-state index contributed by atoms with van der Waals surface area (Å²) in [5, 5.41) is 13.1. The van der Waals surface area contributed by atoms with Gasteiger partial charge in [-0.15, -0.1) is 0 Å². The molecule has 2 aromatic rings. The van der Waals surface area contributed by atoms with E-state index in [1.165, 1.54) is 0 Å². The summed E-state index contributed by atoms with van der Waals surface area (Å²) in [6, 6.07) is 16.1. The second kappa shape index (κ2) is 8.08. The van der Waals surface area contributed by atoms with Crippen molar-refractivity contribution in [3.8, 4) is 5.75 Å². The average molecular weight is 327 g/mol. The first-order valence-corrected chi connectivity index (χ1v) is 8.11. The molecule has 0 bridgehead atoms. The molecule has 0 aliphatic rings. The van der Waals surface area contributed by atoms with Crippen LogP contribution in [0.1, 0.15) is 36.7 Å². The van der Waals surface area contributed by atoms with Crippen molar-refractivity contribution in [3.05, 3.63) is 65.7 Å². The maximum atomic E-state index is 12.3. The number of aliphatic hydroxyl groups excluding tert-OH is 1. The number of carbonyl (C=O) groups is 1. The highest BCUT2D eigenvalue weighted by molar-refractivity contribution is 6.08. The van der Waals surface area contributed by atoms with Gasteiger partial charge in [-0.3, -0.25) is 4.79 Å². The number of ether oxygens (including phenoxy) is 1. The second-order valence-corrected chi connectivity index (χ2v) is 6.82. The first kappa shape index (κ1) is 18.2. The van der Waals surface area contributed by atoms with Crippen LogP contribution in [0, 0.1) is 0 Å². The number of ketones is 1. The molecule has 0 spiro atoms. The Hall–Kier alpha value is -2.17. The van der Waals surface area contributed by atoms with Crippen LogP contribution in [0.5, 0.6) is 5.75 Å². The molecule has 4 nitrogen and oxygen atoms in total. The highest BCUT2D eigenvalue weighted by Crippen LogP contribution is 2.15. The molecular formula is C20H25NO3. The van der Waals surface area contributed by atoms with Crippen LogP contribution >= 0.6 is 0 Å². The van der Waals surface area contributed by atoms with Crippen LogP contribution in [0.4, 0.5) is 0 Å². The van der Waals surface area contributed by atoms with Crippen molar-refractivity contribution in [1.82, 2.24) is 5.32 Å². The Morgan fingerprint density at radius 2 is 1.62 bits per heavy atom. The van der Waals surface area contributed by atoms with E-state index < -0.39 is 6.10 Å². The molecule has 1 unspecified atom stereocenters. The highest BCUT2D eigenvalue weighted by Gasteiger charge is 2.13. The molecule has 128 valence electrons. The predicted octanol–water partition coefficient (Wildman–Crippen LogP) is 3.05. The molecule has 0 saturated heterocycles. The predicted molar refractivity (Wildman–Crippen MR) is 95.6 cm³/mol. The van der Waals surface area contributed by atoms with E-state index in [1.807, 2.05) is 39.0 Å². The highest BCUT2D eigenvalue weighted by atomic mass is 16.5. The van der Waals surface area contributed by atoms with E-state index in [0.29, 0.717) is 23.4 Å². The van der Waals surface area contributed by atoms with E-state index in [1.54, 1.807) is 36.4 Å². The Morgan fingerprint density at radius 1 is 1.04 bits per heavy atom. The van der Waals surface area contributed by atoms with Gasteiger partial charge in [0.15, 0.2) is 5.78 Å². The van der Waals surface area contributed by atoms with Crippen molar-refractivity contribution in [2.45, 2.75) is 32.4 Å². The van der Waals surface area contributed by atoms with Gasteiger partial charge in [0, 0.05) is 23.2 Å². The van der Waals surface area contributed by atoms with Crippen LogP contribution in [-0.4, -0.2) is 35.7 Å². The largest absolute Gasteiger partial charge is 0.491 e. The zero-order valence-electron chi connectivity index (χ0n) is 14.5. The molecule has 2 aromatic carbocycles. The van der Waals surface area contributed by atoms with Gasteiger partial charge >= 0.3 is 0 Å². The molecule has 24 heavy (non-hydrogen) atoms. The van der Waals surface area contributed by atoms with Crippen LogP contribution in [0.3, 0.4) is 0 Å². The van der Waals surface area contributed by atoms with Crippen LogP contribution in [0.25, 0.3) is 0 Å². The van der Waals surface area contributed by atoms with Gasteiger partial charge < -0.3 is 15.2 Å². The number of aliphatic hydroxyl groups is 1. The van der Waals surface area contributed by atoms with Gasteiger partial charge in [0.2, 0.25) is 0 Å². The van der Waals surface area contributed by atoms with Gasteiger partial charge in [0.25, 0.3) is 0 Å². The monoisotopic (exact) mass is 327 g/mol. The number of hydrogen-bond acceptors (Lipinski definition) is 4. The van der Waals surface area contributed by atoms with Crippen molar-refractivity contribution in [2.75, 3.05) is 13.2 Å². The Kier molecular flexibility index (Phi) is 6.12. The number of hydrogen-bond donors (Lipinski definition) is 2. The molecule has 1 atom stereocenters. The zero-order valence-corrected chi connectivity index (χ0v) is 14.5. The van der Waals surface area contributed by atoms with Crippen LogP contribution < -0.4 is 10.1 Å². The van der Waals surface area contributed by atoms with E-state index in [0.717, 1.165) is 0 Å². The standard InChI is InChI=1S/C20H25NO3/c1-20(2,3)21-13-17(22)14-24-18-11-9-16(10-12-18)19(23)15-7-5-4-6-8-15/h4-12,17,21-22H,13-14H2,1-3H3. The zero-order chi connectivity index (χ0) is 17.6. The Morgan fingerprint density at radius 3 is 2.21 bits per heavy atom. The van der Waals surface area contributed by atoms with Gasteiger partial charge in [-0.25, -0.2) is 0 Å². The SMILES string of the molecule is CC(C)(C)NCC(O)COc1ccc(C(=O)c2ccccc2)cc1. The first-order chi connectivity index (χ1) is 11.3. The maximum absolute atomic E-state index is 12.3. The Balaban J connectivity index is 1.87. The molecule has 0 amide bonds. The van der Waals surface area contributed by atoms with Gasteiger partial charge in [0.1, 0.15) is 18.5 Å². The maximum Gasteiger partial charge on any atom is 0.193 e. The third kappa shape index (κ3) is 5.80. The summed E-state index contributed by atoms with van der Waals surface area (Å²) in [7, 11) is 0. The van der Waals surface area contributed by atoms with Crippen molar-refractivity contribution in [1.29, 1.82) is 0 Å². The van der Waals surface area contributed by atoms with Crippen LogP contribution in [0.15, 0.2) is 54.6 Å². The first-order valence-electron chi connectivity index (χ1n) is 8.11. The number of rotatable bonds is 7. The average Bonchev–Trinajstić information content (AvgIpc) is 2.58. The Bertz CT molecular complexity index is 645. The lowest BCUT2D eigenvalue weighted by molar-refractivity contribution is 0.0998. The minimum atomic E-state index is -0.588. The minimum absolute atomic E-state index is 0.0171. The quantitative estimate of drug-likeness (QED) is 0.768. The fraction of sp³-hybridized carbons (Fsp3) is 0.350. The molecular weight excluding hydrogens is 302 g/mol. The van der Waals surface area contributed by atoms with Gasteiger partial charge in [0.05, 0.1) is 0 Å². The number of benzene rings is 2. The fourth-order valence-corrected chi connectivity index (χ4v) is 2.13. The fourth-order valence-electron chi connectivity index (χ4n) is 2.13. The van der Waals surface area contributed by atoms with Crippen molar-refractivity contribution in [2.24, 2.45) is 0 Å². The van der Waals surface area contributed by atoms with E-state index in [2.05, 4.69) is 5.32 Å². The molecule has 0 radical (unpaired) electrons. The Labute approximate surface area is 143 Å². The number of β-amino-alcohol motifs (C(OH)–C–C–N with tert-alkyl or cyclic N) is 1. The number of carbonyl (C=O) groups excluding carboxylic acids is 1. The topological polar surface area (TPSA) is 58.6 Å². The molecule has 4 heteroatoms. The summed E-state index contributed by atoms with van der Waals surface area (Å²) in [6.07, 6.45) is -0.588. The van der Waals surface area contributed by atoms with Crippen molar-refractivity contribution < 1.29 is 14.6 Å². The molecule has 0 heterocycles. The third-order valence-corrected chi connectivity index (χ3v) is 3.46. The van der Waals surface area contributed by atoms with Gasteiger partial charge in [-0.2, -0.15) is 0 Å². The molecule has 0 aliphatic carbocycles. The molecule has 2 N–H and O–H groups in total. The molecule has 2 rings (SSSR count). The molecule has 0 aliphatic heterocycles. The van der Waals surface area contributed by atoms with Crippen molar-refractivity contribution in [3.63, 3.8) is 0 Å². The van der Waals surface area contributed by atoms with E-state index in [-0.39, 0.29) is 17.9 Å². The third-order valence-electron chi connectivity index (χ3n) is 3.46. The van der Waals surface area contributed by atoms with Gasteiger partial charge in [-0.05, 0) is 45.0 Å². The lowest BCUT2D eigenvalue weighted by atomic mass is 10.0. The molecule has 0 aromatic heterocycles. The van der Waals surface area contributed by atoms with Crippen LogP contribution in [0.2, 0.25) is 0 Å². The summed E-state index contributed by atoms with van der Waals surface area (Å²) in [6.45, 7) is 6.80. The van der Waals surface area contributed by atoms with Crippen molar-refractivity contribution >= 4 is 5.78 Å². The summed E-state index contributed by atoms with van der Waals surface area (Å²) in [5.41, 5.74) is 1.24. The summed E-state index contributed by atoms with van der Waals surface area (Å²) in [4.78, 5) is 12.3. The molecule has 0 fully saturated rings. The van der Waals surface area contributed by atoms with Gasteiger partial charge in [-0.1, -0.05) is 30.3 Å². The molecule has 0 saturated carbocycles. The smallest absolute Gasteiger partial charge is 0.193 e. The van der Waals surface area contributed by atoms with E-state index in [9.17, 15) is 9.90 Å². The van der Waals surface area contributed by atoms with E-state index in [4.69, 9.17) is 4.74 Å². The lowest BCUT2D eigenvalue weighted by Crippen LogP contribution is -2.42. The minimum Gasteiger partial charge on any atom is -0.491 e. The number of nitrogens with one attached hydrogen (secondary N) is 1. The lowest BCUT2D eigenvalue weighted by Gasteiger charge is -2.22. The van der Waals surface area contributed by atoms with Crippen LogP contribution in [-0.2, 0) is 0 Å². The summed E-state index contributed by atoms with van der Waals surface area (Å²) in [5.74, 6) is 0.617. The van der Waals surface area contributed by atoms with E-state index >= 15 is 0 Å². The second-order valence-electron chi connectivity index (χ2n) is 6.82.